The molecule has 0 aliphatic heterocycles. The quantitative estimate of drug-likeness (QED) is 0.721. The fourth-order valence-electron chi connectivity index (χ4n) is 1.97. The first-order valence-corrected chi connectivity index (χ1v) is 6.18. The van der Waals surface area contributed by atoms with Gasteiger partial charge in [-0.1, -0.05) is 26.0 Å². The number of carbonyl (C=O) groups is 2. The first kappa shape index (κ1) is 13.7. The topological polar surface area (TPSA) is 66.4 Å². The molecule has 0 saturated heterocycles. The molecule has 0 aromatic heterocycles. The van der Waals surface area contributed by atoms with E-state index in [0.29, 0.717) is 0 Å². The van der Waals surface area contributed by atoms with E-state index < -0.39 is 5.97 Å². The normalized spacial score (nSPS) is 21.2. The van der Waals surface area contributed by atoms with Crippen molar-refractivity contribution >= 4 is 11.9 Å². The van der Waals surface area contributed by atoms with E-state index in [0.717, 1.165) is 19.3 Å². The molecule has 2 N–H and O–H groups in total. The largest absolute Gasteiger partial charge is 0.481 e. The van der Waals surface area contributed by atoms with E-state index in [1.54, 1.807) is 0 Å². The van der Waals surface area contributed by atoms with Crippen molar-refractivity contribution in [2.75, 3.05) is 0 Å². The molecule has 0 bridgehead atoms. The maximum absolute atomic E-state index is 12.0. The van der Waals surface area contributed by atoms with Gasteiger partial charge in [0.1, 0.15) is 0 Å². The molecule has 4 heteroatoms. The highest BCUT2D eigenvalue weighted by Crippen LogP contribution is 2.19. The summed E-state index contributed by atoms with van der Waals surface area (Å²) in [7, 11) is 0. The highest BCUT2D eigenvalue weighted by Gasteiger charge is 2.24. The van der Waals surface area contributed by atoms with Crippen LogP contribution in [0.1, 0.15) is 39.5 Å². The second-order valence-corrected chi connectivity index (χ2v) is 4.94. The lowest BCUT2D eigenvalue weighted by molar-refractivity contribution is -0.138. The van der Waals surface area contributed by atoms with Crippen LogP contribution in [0.2, 0.25) is 0 Å². The van der Waals surface area contributed by atoms with Crippen LogP contribution in [0.15, 0.2) is 12.2 Å². The molecule has 0 heterocycles. The summed E-state index contributed by atoms with van der Waals surface area (Å²) < 4.78 is 0. The molecule has 0 saturated carbocycles. The number of carboxylic acid groups (broad SMARTS) is 1. The molecule has 1 rings (SSSR count). The second kappa shape index (κ2) is 6.42. The number of hydrogen-bond acceptors (Lipinski definition) is 2. The second-order valence-electron chi connectivity index (χ2n) is 4.94. The first-order chi connectivity index (χ1) is 8.00. The number of carbonyl (C=O) groups excluding carboxylic acids is 1. The maximum atomic E-state index is 12.0. The van der Waals surface area contributed by atoms with Crippen LogP contribution in [0.3, 0.4) is 0 Å². The summed E-state index contributed by atoms with van der Waals surface area (Å²) in [6.45, 7) is 3.85. The van der Waals surface area contributed by atoms with E-state index in [1.807, 2.05) is 19.9 Å². The number of nitrogens with one attached hydrogen (secondary N) is 1. The van der Waals surface area contributed by atoms with E-state index in [4.69, 9.17) is 5.11 Å². The van der Waals surface area contributed by atoms with Crippen LogP contribution in [-0.2, 0) is 9.59 Å². The van der Waals surface area contributed by atoms with Gasteiger partial charge in [0.05, 0.1) is 6.42 Å². The van der Waals surface area contributed by atoms with Gasteiger partial charge in [-0.05, 0) is 25.2 Å². The summed E-state index contributed by atoms with van der Waals surface area (Å²) in [5, 5.41) is 11.7. The molecule has 1 aliphatic rings. The zero-order valence-electron chi connectivity index (χ0n) is 10.5. The third-order valence-corrected chi connectivity index (χ3v) is 3.17. The van der Waals surface area contributed by atoms with Crippen molar-refractivity contribution in [1.29, 1.82) is 0 Å². The predicted octanol–water partition coefficient (Wildman–Crippen LogP) is 1.96. The summed E-state index contributed by atoms with van der Waals surface area (Å²) >= 11 is 0. The first-order valence-electron chi connectivity index (χ1n) is 6.18. The van der Waals surface area contributed by atoms with E-state index in [9.17, 15) is 9.59 Å². The molecular formula is C13H21NO3. The van der Waals surface area contributed by atoms with E-state index >= 15 is 0 Å². The van der Waals surface area contributed by atoms with Gasteiger partial charge in [0.25, 0.3) is 0 Å². The number of allylic oxidation sites excluding steroid dienone is 2. The predicted molar refractivity (Wildman–Crippen MR) is 65.5 cm³/mol. The SMILES string of the molecule is CC(C)C(CC(=O)O)NC(=O)C1CC=CCC1. The van der Waals surface area contributed by atoms with E-state index in [2.05, 4.69) is 11.4 Å². The Morgan fingerprint density at radius 2 is 2.12 bits per heavy atom. The van der Waals surface area contributed by atoms with Crippen molar-refractivity contribution in [1.82, 2.24) is 5.32 Å². The van der Waals surface area contributed by atoms with Gasteiger partial charge < -0.3 is 10.4 Å². The molecule has 96 valence electrons. The van der Waals surface area contributed by atoms with E-state index in [-0.39, 0.29) is 30.2 Å². The van der Waals surface area contributed by atoms with Crippen molar-refractivity contribution in [3.05, 3.63) is 12.2 Å². The van der Waals surface area contributed by atoms with Crippen molar-refractivity contribution in [3.63, 3.8) is 0 Å². The zero-order chi connectivity index (χ0) is 12.8. The third-order valence-electron chi connectivity index (χ3n) is 3.17. The number of carboxylic acids is 1. The average molecular weight is 239 g/mol. The van der Waals surface area contributed by atoms with Gasteiger partial charge in [-0.3, -0.25) is 9.59 Å². The van der Waals surface area contributed by atoms with Crippen LogP contribution < -0.4 is 5.32 Å². The molecule has 0 aromatic rings. The van der Waals surface area contributed by atoms with Crippen molar-refractivity contribution in [3.8, 4) is 0 Å². The molecule has 4 nitrogen and oxygen atoms in total. The minimum absolute atomic E-state index is 0.00528. The van der Waals surface area contributed by atoms with Crippen LogP contribution >= 0.6 is 0 Å². The van der Waals surface area contributed by atoms with Gasteiger partial charge in [0.15, 0.2) is 0 Å². The maximum Gasteiger partial charge on any atom is 0.305 e. The Hall–Kier alpha value is -1.32. The summed E-state index contributed by atoms with van der Waals surface area (Å²) in [6.07, 6.45) is 6.66. The lowest BCUT2D eigenvalue weighted by Crippen LogP contribution is -2.43. The number of rotatable bonds is 5. The Balaban J connectivity index is 2.51. The number of aliphatic carboxylic acids is 1. The lowest BCUT2D eigenvalue weighted by Gasteiger charge is -2.24. The summed E-state index contributed by atoms with van der Waals surface area (Å²) in [5.74, 6) is -0.730. The van der Waals surface area contributed by atoms with Gasteiger partial charge >= 0.3 is 5.97 Å². The third kappa shape index (κ3) is 4.59. The van der Waals surface area contributed by atoms with Gasteiger partial charge in [-0.15, -0.1) is 0 Å². The van der Waals surface area contributed by atoms with Gasteiger partial charge in [0.2, 0.25) is 5.91 Å². The zero-order valence-corrected chi connectivity index (χ0v) is 10.5. The van der Waals surface area contributed by atoms with Gasteiger partial charge in [-0.25, -0.2) is 0 Å². The van der Waals surface area contributed by atoms with E-state index in [1.165, 1.54) is 0 Å². The summed E-state index contributed by atoms with van der Waals surface area (Å²) in [6, 6.07) is -0.272. The monoisotopic (exact) mass is 239 g/mol. The molecule has 0 spiro atoms. The Morgan fingerprint density at radius 1 is 1.41 bits per heavy atom. The van der Waals surface area contributed by atoms with Crippen LogP contribution in [0.25, 0.3) is 0 Å². The Bertz CT molecular complexity index is 310. The summed E-state index contributed by atoms with van der Waals surface area (Å²) in [4.78, 5) is 22.7. The van der Waals surface area contributed by atoms with Crippen LogP contribution in [0, 0.1) is 11.8 Å². The molecule has 2 unspecified atom stereocenters. The molecular weight excluding hydrogens is 218 g/mol. The molecule has 1 amide bonds. The molecule has 0 aromatic carbocycles. The molecule has 0 fully saturated rings. The minimum atomic E-state index is -0.868. The fourth-order valence-corrected chi connectivity index (χ4v) is 1.97. The van der Waals surface area contributed by atoms with Crippen LogP contribution in [-0.4, -0.2) is 23.0 Å². The van der Waals surface area contributed by atoms with Gasteiger partial charge in [-0.2, -0.15) is 0 Å². The van der Waals surface area contributed by atoms with Crippen LogP contribution in [0.4, 0.5) is 0 Å². The number of amides is 1. The Kier molecular flexibility index (Phi) is 5.19. The molecule has 17 heavy (non-hydrogen) atoms. The van der Waals surface area contributed by atoms with Gasteiger partial charge in [0, 0.05) is 12.0 Å². The molecule has 2 atom stereocenters. The minimum Gasteiger partial charge on any atom is -0.481 e. The highest BCUT2D eigenvalue weighted by atomic mass is 16.4. The van der Waals surface area contributed by atoms with Crippen molar-refractivity contribution < 1.29 is 14.7 Å². The standard InChI is InChI=1S/C13H21NO3/c1-9(2)11(8-12(15)16)14-13(17)10-6-4-3-5-7-10/h3-4,9-11H,5-8H2,1-2H3,(H,14,17)(H,15,16). The summed E-state index contributed by atoms with van der Waals surface area (Å²) in [5.41, 5.74) is 0. The smallest absolute Gasteiger partial charge is 0.305 e. The molecule has 0 radical (unpaired) electrons. The average Bonchev–Trinajstić information content (AvgIpc) is 2.28. The fraction of sp³-hybridized carbons (Fsp3) is 0.692. The Labute approximate surface area is 102 Å². The van der Waals surface area contributed by atoms with Crippen molar-refractivity contribution in [2.45, 2.75) is 45.6 Å². The Morgan fingerprint density at radius 3 is 2.59 bits per heavy atom. The van der Waals surface area contributed by atoms with Crippen LogP contribution in [0.5, 0.6) is 0 Å². The number of hydrogen-bond donors (Lipinski definition) is 2. The van der Waals surface area contributed by atoms with Crippen molar-refractivity contribution in [2.24, 2.45) is 11.8 Å². The highest BCUT2D eigenvalue weighted by molar-refractivity contribution is 5.80. The molecule has 1 aliphatic carbocycles. The lowest BCUT2D eigenvalue weighted by atomic mass is 9.92.